The molecular formula is C15H12N2O3S. The molecule has 6 heteroatoms. The van der Waals surface area contributed by atoms with Gasteiger partial charge in [-0.15, -0.1) is 11.3 Å². The summed E-state index contributed by atoms with van der Waals surface area (Å²) >= 11 is 1.62. The smallest absolute Gasteiger partial charge is 0.274 e. The number of hydrogen-bond donors (Lipinski definition) is 2. The van der Waals surface area contributed by atoms with E-state index in [4.69, 9.17) is 9.94 Å². The van der Waals surface area contributed by atoms with Gasteiger partial charge < -0.3 is 4.74 Å². The lowest BCUT2D eigenvalue weighted by atomic mass is 10.1. The molecule has 0 saturated carbocycles. The van der Waals surface area contributed by atoms with Crippen molar-refractivity contribution in [2.45, 2.75) is 0 Å². The van der Waals surface area contributed by atoms with E-state index in [-0.39, 0.29) is 0 Å². The van der Waals surface area contributed by atoms with Crippen molar-refractivity contribution in [1.29, 1.82) is 0 Å². The molecule has 0 bridgehead atoms. The minimum absolute atomic E-state index is 0.419. The fourth-order valence-electron chi connectivity index (χ4n) is 2.04. The highest BCUT2D eigenvalue weighted by Gasteiger charge is 2.09. The number of rotatable bonds is 3. The number of hydrogen-bond acceptors (Lipinski definition) is 5. The molecule has 5 nitrogen and oxygen atoms in total. The zero-order valence-corrected chi connectivity index (χ0v) is 12.0. The zero-order chi connectivity index (χ0) is 14.8. The third-order valence-corrected chi connectivity index (χ3v) is 4.28. The maximum atomic E-state index is 11.4. The molecule has 21 heavy (non-hydrogen) atoms. The van der Waals surface area contributed by atoms with E-state index in [1.165, 1.54) is 0 Å². The summed E-state index contributed by atoms with van der Waals surface area (Å²) in [6.45, 7) is 0. The van der Waals surface area contributed by atoms with Gasteiger partial charge in [-0.3, -0.25) is 10.0 Å². The minimum Gasteiger partial charge on any atom is -0.481 e. The first kappa shape index (κ1) is 13.5. The number of carbonyl (C=O) groups is 1. The number of aromatic nitrogens is 1. The lowest BCUT2D eigenvalue weighted by Crippen LogP contribution is -2.18. The average Bonchev–Trinajstić information content (AvgIpc) is 2.97. The Morgan fingerprint density at radius 3 is 2.81 bits per heavy atom. The molecule has 0 aliphatic rings. The van der Waals surface area contributed by atoms with Gasteiger partial charge in [0, 0.05) is 33.0 Å². The number of nitrogens with zero attached hydrogens (tertiary/aromatic N) is 1. The second-order valence-corrected chi connectivity index (χ2v) is 5.48. The molecule has 0 unspecified atom stereocenters. The van der Waals surface area contributed by atoms with Crippen LogP contribution >= 0.6 is 11.3 Å². The van der Waals surface area contributed by atoms with Gasteiger partial charge in [0.25, 0.3) is 5.91 Å². The van der Waals surface area contributed by atoms with Crippen molar-refractivity contribution in [2.75, 3.05) is 7.11 Å². The highest BCUT2D eigenvalue weighted by molar-refractivity contribution is 7.22. The number of carbonyl (C=O) groups excluding carboxylic acids is 1. The van der Waals surface area contributed by atoms with Crippen molar-refractivity contribution in [2.24, 2.45) is 0 Å². The molecule has 0 radical (unpaired) electrons. The number of methoxy groups -OCH3 is 1. The summed E-state index contributed by atoms with van der Waals surface area (Å²) in [7, 11) is 1.58. The molecule has 0 aliphatic heterocycles. The molecule has 2 aromatic heterocycles. The predicted octanol–water partition coefficient (Wildman–Crippen LogP) is 3.09. The van der Waals surface area contributed by atoms with Crippen molar-refractivity contribution < 1.29 is 14.7 Å². The van der Waals surface area contributed by atoms with Gasteiger partial charge in [0.2, 0.25) is 5.88 Å². The minimum atomic E-state index is -0.518. The Morgan fingerprint density at radius 1 is 1.29 bits per heavy atom. The number of benzene rings is 1. The van der Waals surface area contributed by atoms with Gasteiger partial charge in [0.05, 0.1) is 7.11 Å². The molecule has 0 spiro atoms. The van der Waals surface area contributed by atoms with Gasteiger partial charge in [-0.05, 0) is 35.7 Å². The lowest BCUT2D eigenvalue weighted by molar-refractivity contribution is 0.0706. The zero-order valence-electron chi connectivity index (χ0n) is 11.2. The van der Waals surface area contributed by atoms with Crippen LogP contribution in [-0.4, -0.2) is 23.2 Å². The Morgan fingerprint density at radius 2 is 2.14 bits per heavy atom. The highest BCUT2D eigenvalue weighted by atomic mass is 32.1. The van der Waals surface area contributed by atoms with Gasteiger partial charge >= 0.3 is 0 Å². The SMILES string of the molecule is COc1ccc(-c2cc3cc(C(=O)NO)ccc3s2)cn1. The van der Waals surface area contributed by atoms with Crippen molar-refractivity contribution >= 4 is 27.3 Å². The maximum absolute atomic E-state index is 11.4. The Kier molecular flexibility index (Phi) is 3.55. The standard InChI is InChI=1S/C15H12N2O3S/c1-20-14-5-3-10(8-16-14)13-7-11-6-9(15(18)17-19)2-4-12(11)21-13/h2-8,19H,1H3,(H,17,18). The third kappa shape index (κ3) is 2.58. The number of pyridine rings is 1. The first-order valence-electron chi connectivity index (χ1n) is 6.19. The van der Waals surface area contributed by atoms with E-state index in [9.17, 15) is 4.79 Å². The van der Waals surface area contributed by atoms with Gasteiger partial charge in [0.15, 0.2) is 0 Å². The van der Waals surface area contributed by atoms with Crippen LogP contribution in [0.5, 0.6) is 5.88 Å². The van der Waals surface area contributed by atoms with Gasteiger partial charge in [-0.1, -0.05) is 0 Å². The van der Waals surface area contributed by atoms with Crippen LogP contribution < -0.4 is 10.2 Å². The largest absolute Gasteiger partial charge is 0.481 e. The third-order valence-electron chi connectivity index (χ3n) is 3.11. The summed E-state index contributed by atoms with van der Waals surface area (Å²) in [5.74, 6) is 0.0533. The monoisotopic (exact) mass is 300 g/mol. The van der Waals surface area contributed by atoms with Crippen LogP contribution in [0, 0.1) is 0 Å². The van der Waals surface area contributed by atoms with Gasteiger partial charge in [-0.2, -0.15) is 0 Å². The van der Waals surface area contributed by atoms with Crippen LogP contribution in [-0.2, 0) is 0 Å². The molecule has 0 atom stereocenters. The van der Waals surface area contributed by atoms with E-state index in [0.29, 0.717) is 11.4 Å². The molecule has 0 saturated heterocycles. The molecule has 3 rings (SSSR count). The number of hydroxylamine groups is 1. The summed E-state index contributed by atoms with van der Waals surface area (Å²) in [4.78, 5) is 16.7. The van der Waals surface area contributed by atoms with E-state index in [1.807, 2.05) is 24.3 Å². The molecule has 2 N–H and O–H groups in total. The quantitative estimate of drug-likeness (QED) is 0.576. The molecule has 2 heterocycles. The fraction of sp³-hybridized carbons (Fsp3) is 0.0667. The van der Waals surface area contributed by atoms with E-state index < -0.39 is 5.91 Å². The van der Waals surface area contributed by atoms with Crippen molar-refractivity contribution in [3.63, 3.8) is 0 Å². The first-order chi connectivity index (χ1) is 10.2. The van der Waals surface area contributed by atoms with Gasteiger partial charge in [0.1, 0.15) is 0 Å². The number of fused-ring (bicyclic) bond motifs is 1. The molecule has 3 aromatic rings. The second-order valence-electron chi connectivity index (χ2n) is 4.39. The Hall–Kier alpha value is -2.44. The van der Waals surface area contributed by atoms with E-state index in [2.05, 4.69) is 4.98 Å². The van der Waals surface area contributed by atoms with Crippen LogP contribution in [0.15, 0.2) is 42.6 Å². The lowest BCUT2D eigenvalue weighted by Gasteiger charge is -1.99. The van der Waals surface area contributed by atoms with Crippen molar-refractivity contribution in [1.82, 2.24) is 10.5 Å². The maximum Gasteiger partial charge on any atom is 0.274 e. The fourth-order valence-corrected chi connectivity index (χ4v) is 3.07. The Labute approximate surface area is 124 Å². The van der Waals surface area contributed by atoms with Crippen LogP contribution in [0.25, 0.3) is 20.5 Å². The van der Waals surface area contributed by atoms with Crippen LogP contribution in [0.4, 0.5) is 0 Å². The highest BCUT2D eigenvalue weighted by Crippen LogP contribution is 2.34. The predicted molar refractivity (Wildman–Crippen MR) is 80.9 cm³/mol. The molecule has 0 aliphatic carbocycles. The van der Waals surface area contributed by atoms with Crippen molar-refractivity contribution in [3.05, 3.63) is 48.2 Å². The average molecular weight is 300 g/mol. The summed E-state index contributed by atoms with van der Waals surface area (Å²) < 4.78 is 6.11. The summed E-state index contributed by atoms with van der Waals surface area (Å²) in [6.07, 6.45) is 1.75. The topological polar surface area (TPSA) is 71.5 Å². The summed E-state index contributed by atoms with van der Waals surface area (Å²) in [5.41, 5.74) is 3.05. The molecule has 106 valence electrons. The molecule has 1 amide bonds. The molecule has 0 fully saturated rings. The summed E-state index contributed by atoms with van der Waals surface area (Å²) in [5, 5.41) is 9.63. The Balaban J connectivity index is 2.01. The van der Waals surface area contributed by atoms with E-state index >= 15 is 0 Å². The van der Waals surface area contributed by atoms with Crippen LogP contribution in [0.3, 0.4) is 0 Å². The number of thiophene rings is 1. The molecular weight excluding hydrogens is 288 g/mol. The van der Waals surface area contributed by atoms with E-state index in [0.717, 1.165) is 20.5 Å². The normalized spacial score (nSPS) is 10.6. The number of ether oxygens (including phenoxy) is 1. The number of nitrogens with one attached hydrogen (secondary N) is 1. The molecule has 1 aromatic carbocycles. The van der Waals surface area contributed by atoms with E-state index in [1.54, 1.807) is 42.3 Å². The Bertz CT molecular complexity index is 796. The summed E-state index contributed by atoms with van der Waals surface area (Å²) in [6, 6.07) is 11.0. The van der Waals surface area contributed by atoms with Gasteiger partial charge in [-0.25, -0.2) is 10.5 Å². The number of amides is 1. The second kappa shape index (κ2) is 5.51. The van der Waals surface area contributed by atoms with Crippen LogP contribution in [0.1, 0.15) is 10.4 Å². The van der Waals surface area contributed by atoms with Crippen molar-refractivity contribution in [3.8, 4) is 16.3 Å². The first-order valence-corrected chi connectivity index (χ1v) is 7.01. The van der Waals surface area contributed by atoms with Crippen LogP contribution in [0.2, 0.25) is 0 Å².